The van der Waals surface area contributed by atoms with Gasteiger partial charge in [-0.25, -0.2) is 0 Å². The molecular weight excluding hydrogens is 394 g/mol. The van der Waals surface area contributed by atoms with E-state index in [0.717, 1.165) is 12.0 Å². The van der Waals surface area contributed by atoms with Crippen molar-refractivity contribution in [2.24, 2.45) is 0 Å². The second-order valence-electron chi connectivity index (χ2n) is 9.36. The van der Waals surface area contributed by atoms with E-state index in [9.17, 15) is 0 Å². The maximum atomic E-state index is 9.07. The molecule has 0 heterocycles. The Bertz CT molecular complexity index is 608. The van der Waals surface area contributed by atoms with E-state index in [1.807, 2.05) is 12.1 Å². The van der Waals surface area contributed by atoms with Crippen LogP contribution in [0.5, 0.6) is 5.75 Å². The summed E-state index contributed by atoms with van der Waals surface area (Å²) in [7, 11) is 1.60. The van der Waals surface area contributed by atoms with Crippen LogP contribution in [0.25, 0.3) is 0 Å². The summed E-state index contributed by atoms with van der Waals surface area (Å²) in [5, 5.41) is 9.07. The quantitative estimate of drug-likeness (QED) is 0.178. The Hall–Kier alpha value is -1.53. The molecule has 0 bridgehead atoms. The summed E-state index contributed by atoms with van der Waals surface area (Å²) in [6.07, 6.45) is 23.8. The zero-order chi connectivity index (χ0) is 23.3. The Labute approximate surface area is 198 Å². The third-order valence-corrected chi connectivity index (χ3v) is 6.39. The molecule has 0 unspecified atom stereocenters. The molecule has 1 aromatic rings. The van der Waals surface area contributed by atoms with E-state index >= 15 is 0 Å². The molecule has 0 spiro atoms. The second-order valence-corrected chi connectivity index (χ2v) is 9.36. The first-order valence-corrected chi connectivity index (χ1v) is 13.4. The standard InChI is InChI=1S/C29H49NO2/c1-4-5-6-7-8-9-10-11-12-13-14-15-16-17-18-19-20-26(2)32-25-27-21-22-28(24-30)29(23-27)31-3/h21-23,26H,4-20,25H2,1-3H3/t26-/m1/s1. The number of nitrogens with zero attached hydrogens (tertiary/aromatic N) is 1. The Morgan fingerprint density at radius 2 is 1.28 bits per heavy atom. The van der Waals surface area contributed by atoms with Crippen molar-refractivity contribution in [3.05, 3.63) is 29.3 Å². The van der Waals surface area contributed by atoms with Crippen LogP contribution in [0.2, 0.25) is 0 Å². The van der Waals surface area contributed by atoms with Gasteiger partial charge in [0.05, 0.1) is 25.4 Å². The van der Waals surface area contributed by atoms with Crippen molar-refractivity contribution >= 4 is 0 Å². The van der Waals surface area contributed by atoms with Gasteiger partial charge in [-0.3, -0.25) is 0 Å². The minimum absolute atomic E-state index is 0.267. The van der Waals surface area contributed by atoms with Crippen LogP contribution >= 0.6 is 0 Å². The molecule has 32 heavy (non-hydrogen) atoms. The number of hydrogen-bond donors (Lipinski definition) is 0. The number of methoxy groups -OCH3 is 1. The zero-order valence-electron chi connectivity index (χ0n) is 21.3. The molecule has 0 aliphatic rings. The van der Waals surface area contributed by atoms with Gasteiger partial charge in [-0.05, 0) is 31.0 Å². The normalized spacial score (nSPS) is 11.9. The van der Waals surface area contributed by atoms with Crippen LogP contribution < -0.4 is 4.74 Å². The van der Waals surface area contributed by atoms with Crippen molar-refractivity contribution in [3.8, 4) is 11.8 Å². The third-order valence-electron chi connectivity index (χ3n) is 6.39. The monoisotopic (exact) mass is 443 g/mol. The first-order chi connectivity index (χ1) is 15.7. The van der Waals surface area contributed by atoms with E-state index in [1.165, 1.54) is 103 Å². The molecule has 3 heteroatoms. The first-order valence-electron chi connectivity index (χ1n) is 13.4. The van der Waals surface area contributed by atoms with Gasteiger partial charge in [0.2, 0.25) is 0 Å². The number of benzene rings is 1. The van der Waals surface area contributed by atoms with Crippen LogP contribution in [-0.4, -0.2) is 13.2 Å². The topological polar surface area (TPSA) is 42.2 Å². The maximum Gasteiger partial charge on any atom is 0.136 e. The molecule has 1 rings (SSSR count). The molecule has 182 valence electrons. The molecule has 0 N–H and O–H groups in total. The lowest BCUT2D eigenvalue weighted by Gasteiger charge is -2.14. The summed E-state index contributed by atoms with van der Waals surface area (Å²) < 4.78 is 11.3. The molecule has 0 amide bonds. The lowest BCUT2D eigenvalue weighted by molar-refractivity contribution is 0.0458. The maximum absolute atomic E-state index is 9.07. The van der Waals surface area contributed by atoms with Crippen LogP contribution in [0.15, 0.2) is 18.2 Å². The summed E-state index contributed by atoms with van der Waals surface area (Å²) in [4.78, 5) is 0. The van der Waals surface area contributed by atoms with Gasteiger partial charge in [0.1, 0.15) is 11.8 Å². The van der Waals surface area contributed by atoms with Gasteiger partial charge in [0.25, 0.3) is 0 Å². The van der Waals surface area contributed by atoms with Crippen molar-refractivity contribution in [1.29, 1.82) is 5.26 Å². The lowest BCUT2D eigenvalue weighted by Crippen LogP contribution is -2.08. The predicted octanol–water partition coefficient (Wildman–Crippen LogP) is 9.12. The van der Waals surface area contributed by atoms with Gasteiger partial charge in [0, 0.05) is 0 Å². The minimum Gasteiger partial charge on any atom is -0.495 e. The highest BCUT2D eigenvalue weighted by Crippen LogP contribution is 2.21. The van der Waals surface area contributed by atoms with Crippen molar-refractivity contribution < 1.29 is 9.47 Å². The first kappa shape index (κ1) is 28.5. The second kappa shape index (κ2) is 20.1. The average molecular weight is 444 g/mol. The molecular formula is C29H49NO2. The summed E-state index contributed by atoms with van der Waals surface area (Å²) >= 11 is 0. The Balaban J connectivity index is 1.89. The van der Waals surface area contributed by atoms with Crippen molar-refractivity contribution in [1.82, 2.24) is 0 Å². The van der Waals surface area contributed by atoms with Gasteiger partial charge in [-0.15, -0.1) is 0 Å². The Morgan fingerprint density at radius 3 is 1.75 bits per heavy atom. The summed E-state index contributed by atoms with van der Waals surface area (Å²) in [5.74, 6) is 0.624. The molecule has 0 radical (unpaired) electrons. The molecule has 0 fully saturated rings. The lowest BCUT2D eigenvalue weighted by atomic mass is 10.0. The van der Waals surface area contributed by atoms with E-state index in [1.54, 1.807) is 13.2 Å². The fourth-order valence-electron chi connectivity index (χ4n) is 4.22. The molecule has 0 aliphatic carbocycles. The van der Waals surface area contributed by atoms with Crippen LogP contribution in [0, 0.1) is 11.3 Å². The highest BCUT2D eigenvalue weighted by atomic mass is 16.5. The van der Waals surface area contributed by atoms with Crippen LogP contribution in [0.4, 0.5) is 0 Å². The summed E-state index contributed by atoms with van der Waals surface area (Å²) in [5.41, 5.74) is 1.62. The minimum atomic E-state index is 0.267. The Kier molecular flexibility index (Phi) is 17.9. The SMILES string of the molecule is CCCCCCCCCCCCCCCCCC[C@@H](C)OCc1ccc(C#N)c(OC)c1. The van der Waals surface area contributed by atoms with Crippen molar-refractivity contribution in [2.75, 3.05) is 7.11 Å². The van der Waals surface area contributed by atoms with E-state index < -0.39 is 0 Å². The van der Waals surface area contributed by atoms with Crippen molar-refractivity contribution in [3.63, 3.8) is 0 Å². The zero-order valence-corrected chi connectivity index (χ0v) is 21.3. The highest BCUT2D eigenvalue weighted by molar-refractivity contribution is 5.45. The molecule has 0 aromatic heterocycles. The molecule has 0 saturated carbocycles. The van der Waals surface area contributed by atoms with Gasteiger partial charge < -0.3 is 9.47 Å². The molecule has 0 saturated heterocycles. The summed E-state index contributed by atoms with van der Waals surface area (Å²) in [6, 6.07) is 7.80. The molecule has 3 nitrogen and oxygen atoms in total. The third kappa shape index (κ3) is 14.5. The van der Waals surface area contributed by atoms with Crippen LogP contribution in [-0.2, 0) is 11.3 Å². The van der Waals surface area contributed by atoms with Crippen LogP contribution in [0.3, 0.4) is 0 Å². The van der Waals surface area contributed by atoms with E-state index in [0.29, 0.717) is 17.9 Å². The molecule has 1 aromatic carbocycles. The van der Waals surface area contributed by atoms with Gasteiger partial charge in [-0.1, -0.05) is 116 Å². The van der Waals surface area contributed by atoms with Gasteiger partial charge >= 0.3 is 0 Å². The average Bonchev–Trinajstić information content (AvgIpc) is 2.82. The molecule has 1 atom stereocenters. The smallest absolute Gasteiger partial charge is 0.136 e. The van der Waals surface area contributed by atoms with E-state index in [-0.39, 0.29) is 6.10 Å². The van der Waals surface area contributed by atoms with E-state index in [2.05, 4.69) is 19.9 Å². The van der Waals surface area contributed by atoms with Crippen LogP contribution in [0.1, 0.15) is 134 Å². The van der Waals surface area contributed by atoms with Gasteiger partial charge in [0.15, 0.2) is 0 Å². The number of unbranched alkanes of at least 4 members (excludes halogenated alkanes) is 15. The predicted molar refractivity (Wildman–Crippen MR) is 136 cm³/mol. The highest BCUT2D eigenvalue weighted by Gasteiger charge is 2.06. The Morgan fingerprint density at radius 1 is 0.781 bits per heavy atom. The fourth-order valence-corrected chi connectivity index (χ4v) is 4.22. The fraction of sp³-hybridized carbons (Fsp3) is 0.759. The largest absolute Gasteiger partial charge is 0.495 e. The van der Waals surface area contributed by atoms with E-state index in [4.69, 9.17) is 14.7 Å². The number of hydrogen-bond acceptors (Lipinski definition) is 3. The van der Waals surface area contributed by atoms with Gasteiger partial charge in [-0.2, -0.15) is 5.26 Å². The molecule has 0 aliphatic heterocycles. The number of rotatable bonds is 21. The van der Waals surface area contributed by atoms with Crippen molar-refractivity contribution in [2.45, 2.75) is 136 Å². The summed E-state index contributed by atoms with van der Waals surface area (Å²) in [6.45, 7) is 5.02. The number of nitriles is 1. The number of ether oxygens (including phenoxy) is 2.